The van der Waals surface area contributed by atoms with E-state index in [-0.39, 0.29) is 30.7 Å². The summed E-state index contributed by atoms with van der Waals surface area (Å²) in [6.07, 6.45) is 5.96. The van der Waals surface area contributed by atoms with E-state index in [4.69, 9.17) is 0 Å². The SMILES string of the molecule is C[SiH](C)[Hf+2]([NH]C(=O)C1CCCCC1)[CH]1c2ccccc2-c2ccccc21.[Cl-].[Cl-]. The summed E-state index contributed by atoms with van der Waals surface area (Å²) >= 11 is -2.33. The van der Waals surface area contributed by atoms with Gasteiger partial charge in [-0.05, 0) is 0 Å². The molecule has 1 amide bonds. The number of hydrogen-bond donors (Lipinski definition) is 1. The maximum Gasteiger partial charge on any atom is -1.00 e. The normalized spacial score (nSPS) is 15.8. The van der Waals surface area contributed by atoms with E-state index < -0.39 is 26.9 Å². The number of hydrogen-bond acceptors (Lipinski definition) is 1. The van der Waals surface area contributed by atoms with Crippen molar-refractivity contribution in [3.05, 3.63) is 59.7 Å². The Kier molecular flexibility index (Phi) is 9.00. The third-order valence-electron chi connectivity index (χ3n) is 6.01. The van der Waals surface area contributed by atoms with Gasteiger partial charge < -0.3 is 24.8 Å². The van der Waals surface area contributed by atoms with Crippen LogP contribution in [-0.2, 0) is 25.7 Å². The summed E-state index contributed by atoms with van der Waals surface area (Å²) in [4.78, 5) is 13.1. The van der Waals surface area contributed by atoms with Crippen LogP contribution in [0.1, 0.15) is 46.9 Å². The Morgan fingerprint density at radius 2 is 1.39 bits per heavy atom. The van der Waals surface area contributed by atoms with Crippen LogP contribution < -0.4 is 28.1 Å². The van der Waals surface area contributed by atoms with Gasteiger partial charge in [0, 0.05) is 0 Å². The van der Waals surface area contributed by atoms with Gasteiger partial charge in [-0.2, -0.15) is 0 Å². The van der Waals surface area contributed by atoms with Crippen molar-refractivity contribution in [3.63, 3.8) is 0 Å². The van der Waals surface area contributed by atoms with Crippen molar-refractivity contribution in [2.45, 2.75) is 48.9 Å². The standard InChI is InChI=1S/C13H9.C7H13NO.C2H7Si.2ClH.Hf/c1-3-7-12-10(5-1)9-11-6-2-4-8-13(11)12;8-7(9)6-4-2-1-3-5-6;1-3-2;;;/h1-9H;6H,1-5H2,(H2,8,9);3H,1-2H3;2*1H;/q;;;;;+3/p-3. The quantitative estimate of drug-likeness (QED) is 0.448. The summed E-state index contributed by atoms with van der Waals surface area (Å²) in [5, 5.41) is 0. The number of benzene rings is 2. The minimum absolute atomic E-state index is 0. The van der Waals surface area contributed by atoms with Crippen LogP contribution in [0.4, 0.5) is 0 Å². The second kappa shape index (κ2) is 10.6. The van der Waals surface area contributed by atoms with Gasteiger partial charge in [-0.1, -0.05) is 0 Å². The van der Waals surface area contributed by atoms with Crippen LogP contribution in [0.25, 0.3) is 11.1 Å². The zero-order chi connectivity index (χ0) is 18.1. The molecule has 1 N–H and O–H groups in total. The van der Waals surface area contributed by atoms with Crippen molar-refractivity contribution in [1.82, 2.24) is 3.30 Å². The van der Waals surface area contributed by atoms with Crippen LogP contribution in [-0.4, -0.2) is 11.9 Å². The molecule has 4 rings (SSSR count). The van der Waals surface area contributed by atoms with Crippen molar-refractivity contribution < 1.29 is 50.5 Å². The van der Waals surface area contributed by atoms with Gasteiger partial charge in [-0.15, -0.1) is 0 Å². The molecule has 0 aromatic heterocycles. The Morgan fingerprint density at radius 1 is 0.893 bits per heavy atom. The Morgan fingerprint density at radius 3 is 1.89 bits per heavy atom. The molecular formula is C22H28Cl2HfNOSi. The number of halogens is 2. The molecule has 2 aromatic rings. The monoisotopic (exact) mass is 600 g/mol. The molecule has 1 fully saturated rings. The first-order valence-electron chi connectivity index (χ1n) is 10.0. The number of fused-ring (bicyclic) bond motifs is 3. The average Bonchev–Trinajstić information content (AvgIpc) is 3.01. The largest absolute Gasteiger partial charge is 1.00 e. The molecule has 0 radical (unpaired) electrons. The molecule has 0 saturated heterocycles. The fraction of sp³-hybridized carbons (Fsp3) is 0.409. The van der Waals surface area contributed by atoms with Crippen molar-refractivity contribution >= 4 is 11.9 Å². The number of nitrogens with one attached hydrogen (secondary N) is 1. The van der Waals surface area contributed by atoms with Gasteiger partial charge in [-0.25, -0.2) is 0 Å². The molecule has 0 spiro atoms. The minimum atomic E-state index is -2.33. The topological polar surface area (TPSA) is 29.1 Å². The predicted molar refractivity (Wildman–Crippen MR) is 107 cm³/mol. The van der Waals surface area contributed by atoms with Crippen molar-refractivity contribution in [3.8, 4) is 11.1 Å². The van der Waals surface area contributed by atoms with E-state index in [1.807, 2.05) is 0 Å². The third-order valence-corrected chi connectivity index (χ3v) is 31.0. The van der Waals surface area contributed by atoms with E-state index in [0.29, 0.717) is 9.58 Å². The van der Waals surface area contributed by atoms with Crippen molar-refractivity contribution in [1.29, 1.82) is 0 Å². The maximum absolute atomic E-state index is 13.1. The molecule has 0 heterocycles. The molecule has 2 aromatic carbocycles. The Balaban J connectivity index is 0.00000140. The molecule has 0 unspecified atom stereocenters. The van der Waals surface area contributed by atoms with E-state index in [0.717, 1.165) is 12.8 Å². The zero-order valence-electron chi connectivity index (χ0n) is 16.6. The Hall–Kier alpha value is -0.423. The molecular weight excluding hydrogens is 572 g/mol. The molecule has 0 atom stereocenters. The third kappa shape index (κ3) is 4.66. The molecule has 2 aliphatic carbocycles. The summed E-state index contributed by atoms with van der Waals surface area (Å²) in [6.45, 7) is 4.93. The summed E-state index contributed by atoms with van der Waals surface area (Å²) < 4.78 is 4.27. The fourth-order valence-electron chi connectivity index (χ4n) is 4.65. The molecule has 1 saturated carbocycles. The molecule has 2 nitrogen and oxygen atoms in total. The summed E-state index contributed by atoms with van der Waals surface area (Å²) in [7, 11) is 0. The molecule has 149 valence electrons. The minimum Gasteiger partial charge on any atom is -1.00 e. The van der Waals surface area contributed by atoms with E-state index in [1.165, 1.54) is 41.5 Å². The van der Waals surface area contributed by atoms with Crippen molar-refractivity contribution in [2.75, 3.05) is 0 Å². The average molecular weight is 600 g/mol. The fourth-order valence-corrected chi connectivity index (χ4v) is 26.5. The first-order valence-corrected chi connectivity index (χ1v) is 23.0. The number of amides is 1. The van der Waals surface area contributed by atoms with Crippen LogP contribution in [0, 0.1) is 5.92 Å². The van der Waals surface area contributed by atoms with E-state index in [2.05, 4.69) is 64.9 Å². The van der Waals surface area contributed by atoms with Gasteiger partial charge >= 0.3 is 166 Å². The molecule has 2 aliphatic rings. The van der Waals surface area contributed by atoms with Crippen LogP contribution in [0.3, 0.4) is 0 Å². The molecule has 6 heteroatoms. The van der Waals surface area contributed by atoms with E-state index >= 15 is 0 Å². The van der Waals surface area contributed by atoms with E-state index in [9.17, 15) is 4.79 Å². The number of rotatable bonds is 4. The van der Waals surface area contributed by atoms with Gasteiger partial charge in [0.15, 0.2) is 0 Å². The summed E-state index contributed by atoms with van der Waals surface area (Å²) in [5.74, 6) is -0.207. The number of carbonyl (C=O) groups excluding carboxylic acids is 1. The number of carbonyl (C=O) groups is 1. The smallest absolute Gasteiger partial charge is 1.00 e. The molecule has 0 aliphatic heterocycles. The van der Waals surface area contributed by atoms with Crippen molar-refractivity contribution in [2.24, 2.45) is 5.92 Å². The van der Waals surface area contributed by atoms with E-state index in [1.54, 1.807) is 0 Å². The van der Waals surface area contributed by atoms with Crippen LogP contribution in [0.2, 0.25) is 13.1 Å². The predicted octanol–water partition coefficient (Wildman–Crippen LogP) is -1.02. The maximum atomic E-state index is 13.1. The van der Waals surface area contributed by atoms with Gasteiger partial charge in [-0.3, -0.25) is 0 Å². The zero-order valence-corrected chi connectivity index (χ0v) is 22.8. The van der Waals surface area contributed by atoms with Gasteiger partial charge in [0.05, 0.1) is 0 Å². The first-order chi connectivity index (χ1) is 12.7. The van der Waals surface area contributed by atoms with Crippen LogP contribution >= 0.6 is 0 Å². The van der Waals surface area contributed by atoms with Gasteiger partial charge in [0.2, 0.25) is 0 Å². The second-order valence-corrected chi connectivity index (χ2v) is 34.1. The first kappa shape index (κ1) is 23.9. The summed E-state index contributed by atoms with van der Waals surface area (Å²) in [6, 6.07) is 17.8. The Bertz CT molecular complexity index is 765. The summed E-state index contributed by atoms with van der Waals surface area (Å²) in [5.41, 5.74) is 5.77. The second-order valence-electron chi connectivity index (χ2n) is 8.04. The molecule has 0 bridgehead atoms. The van der Waals surface area contributed by atoms with Gasteiger partial charge in [0.1, 0.15) is 0 Å². The Labute approximate surface area is 190 Å². The van der Waals surface area contributed by atoms with Crippen LogP contribution in [0.15, 0.2) is 48.5 Å². The van der Waals surface area contributed by atoms with Crippen LogP contribution in [0.5, 0.6) is 0 Å². The van der Waals surface area contributed by atoms with Gasteiger partial charge in [0.25, 0.3) is 0 Å². The molecule has 28 heavy (non-hydrogen) atoms.